The van der Waals surface area contributed by atoms with Crippen LogP contribution in [0.15, 0.2) is 0 Å². The summed E-state index contributed by atoms with van der Waals surface area (Å²) < 4.78 is 44.3. The van der Waals surface area contributed by atoms with E-state index in [0.717, 1.165) is 65.3 Å². The fourth-order valence-corrected chi connectivity index (χ4v) is 4.45. The molecule has 1 unspecified atom stereocenters. The van der Waals surface area contributed by atoms with Crippen molar-refractivity contribution in [3.05, 3.63) is 0 Å². The molecule has 0 aromatic heterocycles. The van der Waals surface area contributed by atoms with Crippen LogP contribution in [0, 0.1) is 10.8 Å². The number of halogens is 2. The Morgan fingerprint density at radius 1 is 0.967 bits per heavy atom. The van der Waals surface area contributed by atoms with Crippen LogP contribution in [0.4, 0.5) is 8.78 Å². The molecule has 176 valence electrons. The van der Waals surface area contributed by atoms with Gasteiger partial charge in [0.15, 0.2) is 0 Å². The molecule has 0 bridgehead atoms. The molecule has 0 N–H and O–H groups in total. The van der Waals surface area contributed by atoms with Crippen LogP contribution in [0.25, 0.3) is 0 Å². The first-order valence-electron chi connectivity index (χ1n) is 11.7. The van der Waals surface area contributed by atoms with Crippen LogP contribution >= 0.6 is 0 Å². The van der Waals surface area contributed by atoms with E-state index in [-0.39, 0.29) is 35.9 Å². The molecule has 1 saturated carbocycles. The van der Waals surface area contributed by atoms with Gasteiger partial charge >= 0.3 is 0 Å². The Morgan fingerprint density at radius 2 is 1.60 bits per heavy atom. The summed E-state index contributed by atoms with van der Waals surface area (Å²) >= 11 is 0. The SMILES string of the molecule is CC(C)OCC1(CN(C)CCC(C)OCC2(CN3CCC(F)(F)CC3)CC2)COC1. The zero-order chi connectivity index (χ0) is 21.8. The van der Waals surface area contributed by atoms with Gasteiger partial charge in [0.1, 0.15) is 0 Å². The Labute approximate surface area is 181 Å². The number of likely N-dealkylation sites (tertiary alicyclic amines) is 1. The van der Waals surface area contributed by atoms with Crippen LogP contribution in [0.5, 0.6) is 0 Å². The monoisotopic (exact) mass is 432 g/mol. The van der Waals surface area contributed by atoms with Crippen molar-refractivity contribution in [2.24, 2.45) is 10.8 Å². The third-order valence-electron chi connectivity index (χ3n) is 6.84. The zero-order valence-corrected chi connectivity index (χ0v) is 19.4. The molecule has 1 atom stereocenters. The lowest BCUT2D eigenvalue weighted by Gasteiger charge is -2.44. The van der Waals surface area contributed by atoms with Gasteiger partial charge in [0, 0.05) is 51.0 Å². The van der Waals surface area contributed by atoms with Crippen LogP contribution in [0.1, 0.15) is 52.9 Å². The topological polar surface area (TPSA) is 34.2 Å². The summed E-state index contributed by atoms with van der Waals surface area (Å²) in [5.41, 5.74) is 0.334. The highest BCUT2D eigenvalue weighted by atomic mass is 19.3. The van der Waals surface area contributed by atoms with E-state index in [1.807, 2.05) is 0 Å². The minimum absolute atomic E-state index is 0.00140. The van der Waals surface area contributed by atoms with Crippen molar-refractivity contribution >= 4 is 0 Å². The van der Waals surface area contributed by atoms with E-state index in [0.29, 0.717) is 13.1 Å². The van der Waals surface area contributed by atoms with Crippen LogP contribution in [-0.2, 0) is 14.2 Å². The Morgan fingerprint density at radius 3 is 2.13 bits per heavy atom. The Bertz CT molecular complexity index is 529. The van der Waals surface area contributed by atoms with E-state index in [1.54, 1.807) is 0 Å². The maximum atomic E-state index is 13.4. The number of hydrogen-bond donors (Lipinski definition) is 0. The lowest BCUT2D eigenvalue weighted by Crippen LogP contribution is -2.53. The van der Waals surface area contributed by atoms with E-state index in [4.69, 9.17) is 14.2 Å². The fourth-order valence-electron chi connectivity index (χ4n) is 4.45. The molecule has 1 aliphatic carbocycles. The average Bonchev–Trinajstić information content (AvgIpc) is 3.42. The molecule has 3 aliphatic rings. The third-order valence-corrected chi connectivity index (χ3v) is 6.84. The van der Waals surface area contributed by atoms with Gasteiger partial charge in [-0.3, -0.25) is 0 Å². The number of piperidine rings is 1. The number of nitrogens with zero attached hydrogens (tertiary/aromatic N) is 2. The highest BCUT2D eigenvalue weighted by Crippen LogP contribution is 2.47. The van der Waals surface area contributed by atoms with Crippen molar-refractivity contribution in [1.82, 2.24) is 9.80 Å². The van der Waals surface area contributed by atoms with Crippen molar-refractivity contribution in [2.45, 2.75) is 71.0 Å². The minimum atomic E-state index is -2.46. The van der Waals surface area contributed by atoms with E-state index in [1.165, 1.54) is 0 Å². The van der Waals surface area contributed by atoms with E-state index in [9.17, 15) is 8.78 Å². The van der Waals surface area contributed by atoms with E-state index >= 15 is 0 Å². The zero-order valence-electron chi connectivity index (χ0n) is 19.4. The van der Waals surface area contributed by atoms with E-state index < -0.39 is 5.92 Å². The van der Waals surface area contributed by atoms with Crippen molar-refractivity contribution in [1.29, 1.82) is 0 Å². The summed E-state index contributed by atoms with van der Waals surface area (Å²) in [7, 11) is 2.16. The predicted molar refractivity (Wildman–Crippen MR) is 114 cm³/mol. The van der Waals surface area contributed by atoms with Gasteiger partial charge in [-0.1, -0.05) is 0 Å². The van der Waals surface area contributed by atoms with Crippen molar-refractivity contribution < 1.29 is 23.0 Å². The van der Waals surface area contributed by atoms with E-state index in [2.05, 4.69) is 37.6 Å². The number of rotatable bonds is 13. The predicted octanol–water partition coefficient (Wildman–Crippen LogP) is 3.67. The molecular weight excluding hydrogens is 390 g/mol. The highest BCUT2D eigenvalue weighted by Gasteiger charge is 2.46. The van der Waals surface area contributed by atoms with Crippen LogP contribution in [0.3, 0.4) is 0 Å². The summed E-state index contributed by atoms with van der Waals surface area (Å²) in [6.07, 6.45) is 3.76. The van der Waals surface area contributed by atoms with Crippen LogP contribution in [0.2, 0.25) is 0 Å². The minimum Gasteiger partial charge on any atom is -0.380 e. The van der Waals surface area contributed by atoms with Gasteiger partial charge in [0.05, 0.1) is 44.1 Å². The standard InChI is InChI=1S/C23H42F2N2O3/c1-19(2)29-18-22(15-28-16-22)13-26(4)10-5-20(3)30-17-21(6-7-21)14-27-11-8-23(24,25)9-12-27/h19-20H,5-18H2,1-4H3. The van der Waals surface area contributed by atoms with Gasteiger partial charge < -0.3 is 24.0 Å². The van der Waals surface area contributed by atoms with Gasteiger partial charge in [0.25, 0.3) is 5.92 Å². The normalized spacial score (nSPS) is 26.0. The third kappa shape index (κ3) is 7.37. The molecule has 0 aromatic carbocycles. The van der Waals surface area contributed by atoms with Gasteiger partial charge in [-0.05, 0) is 47.1 Å². The quantitative estimate of drug-likeness (QED) is 0.444. The van der Waals surface area contributed by atoms with Crippen LogP contribution in [-0.4, -0.2) is 94.1 Å². The lowest BCUT2D eigenvalue weighted by molar-refractivity contribution is -0.164. The first kappa shape index (κ1) is 24.3. The summed E-state index contributed by atoms with van der Waals surface area (Å²) in [6.45, 7) is 13.3. The molecular formula is C23H42F2N2O3. The summed E-state index contributed by atoms with van der Waals surface area (Å²) in [5, 5.41) is 0. The Kier molecular flexibility index (Phi) is 8.16. The average molecular weight is 433 g/mol. The molecule has 0 aromatic rings. The Balaban J connectivity index is 1.31. The van der Waals surface area contributed by atoms with Crippen LogP contribution < -0.4 is 0 Å². The molecule has 2 heterocycles. The van der Waals surface area contributed by atoms with Gasteiger partial charge in [0.2, 0.25) is 0 Å². The molecule has 30 heavy (non-hydrogen) atoms. The molecule has 2 saturated heterocycles. The molecule has 3 rings (SSSR count). The smallest absolute Gasteiger partial charge is 0.250 e. The Hall–Kier alpha value is -0.340. The second kappa shape index (κ2) is 10.1. The van der Waals surface area contributed by atoms with Gasteiger partial charge in [-0.25, -0.2) is 8.78 Å². The van der Waals surface area contributed by atoms with Crippen molar-refractivity contribution in [3.63, 3.8) is 0 Å². The molecule has 0 amide bonds. The number of ether oxygens (including phenoxy) is 3. The maximum Gasteiger partial charge on any atom is 0.250 e. The van der Waals surface area contributed by atoms with Crippen molar-refractivity contribution in [2.75, 3.05) is 66.2 Å². The van der Waals surface area contributed by atoms with Gasteiger partial charge in [-0.15, -0.1) is 0 Å². The maximum absolute atomic E-state index is 13.4. The first-order valence-corrected chi connectivity index (χ1v) is 11.7. The lowest BCUT2D eigenvalue weighted by atomic mass is 9.86. The summed E-state index contributed by atoms with van der Waals surface area (Å²) in [4.78, 5) is 4.58. The molecule has 3 fully saturated rings. The second-order valence-corrected chi connectivity index (χ2v) is 10.6. The molecule has 2 aliphatic heterocycles. The summed E-state index contributed by atoms with van der Waals surface area (Å²) in [5.74, 6) is -2.46. The molecule has 5 nitrogen and oxygen atoms in total. The fraction of sp³-hybridized carbons (Fsp3) is 1.00. The van der Waals surface area contributed by atoms with Crippen molar-refractivity contribution in [3.8, 4) is 0 Å². The van der Waals surface area contributed by atoms with Gasteiger partial charge in [-0.2, -0.15) is 0 Å². The second-order valence-electron chi connectivity index (χ2n) is 10.6. The highest BCUT2D eigenvalue weighted by molar-refractivity contribution is 4.97. The molecule has 7 heteroatoms. The largest absolute Gasteiger partial charge is 0.380 e. The summed E-state index contributed by atoms with van der Waals surface area (Å²) in [6, 6.07) is 0. The molecule has 0 radical (unpaired) electrons. The number of hydrogen-bond acceptors (Lipinski definition) is 5. The first-order chi connectivity index (χ1) is 14.1. The number of alkyl halides is 2. The molecule has 0 spiro atoms.